The van der Waals surface area contributed by atoms with Gasteiger partial charge in [0, 0.05) is 63.5 Å². The van der Waals surface area contributed by atoms with Crippen molar-refractivity contribution in [3.8, 4) is 0 Å². The van der Waals surface area contributed by atoms with E-state index in [1.807, 2.05) is 0 Å². The van der Waals surface area contributed by atoms with E-state index in [4.69, 9.17) is 0 Å². The van der Waals surface area contributed by atoms with Gasteiger partial charge in [0.25, 0.3) is 11.8 Å². The maximum atomic E-state index is 14.2. The van der Waals surface area contributed by atoms with Crippen molar-refractivity contribution in [2.24, 2.45) is 23.7 Å². The minimum atomic E-state index is -0.926. The van der Waals surface area contributed by atoms with Crippen LogP contribution in [0.5, 0.6) is 0 Å². The minimum Gasteiger partial charge on any atom is -0.355 e. The molecule has 4 atom stereocenters. The highest BCUT2D eigenvalue weighted by Crippen LogP contribution is 2.29. The first-order valence-corrected chi connectivity index (χ1v) is 22.6. The van der Waals surface area contributed by atoms with Crippen LogP contribution in [0.1, 0.15) is 43.0 Å². The number of nitrogens with one attached hydrogen (secondary N) is 4. The Bertz CT molecular complexity index is 2260. The van der Waals surface area contributed by atoms with Crippen LogP contribution in [0, 0.1) is 46.9 Å². The van der Waals surface area contributed by atoms with E-state index in [0.717, 1.165) is 22.3 Å². The van der Waals surface area contributed by atoms with Gasteiger partial charge >= 0.3 is 0 Å². The van der Waals surface area contributed by atoms with Crippen LogP contribution >= 0.6 is 0 Å². The highest BCUT2D eigenvalue weighted by atomic mass is 19.1. The molecule has 2 unspecified atom stereocenters. The van der Waals surface area contributed by atoms with Gasteiger partial charge in [0.1, 0.15) is 23.3 Å². The Morgan fingerprint density at radius 3 is 0.853 bits per heavy atom. The van der Waals surface area contributed by atoms with Crippen molar-refractivity contribution in [1.29, 1.82) is 0 Å². The third kappa shape index (κ3) is 13.0. The molecule has 7 rings (SSSR count). The topological polar surface area (TPSA) is 157 Å². The van der Waals surface area contributed by atoms with Crippen molar-refractivity contribution < 1.29 is 46.3 Å². The molecule has 2 fully saturated rings. The highest BCUT2D eigenvalue weighted by Gasteiger charge is 2.45. The van der Waals surface area contributed by atoms with E-state index < -0.39 is 59.1 Å². The number of hydrogen-bond donors (Lipinski definition) is 4. The summed E-state index contributed by atoms with van der Waals surface area (Å²) in [4.78, 5) is 85.9. The Kier molecular flexibility index (Phi) is 16.4. The summed E-state index contributed by atoms with van der Waals surface area (Å²) in [7, 11) is 0. The Morgan fingerprint density at radius 1 is 0.382 bits per heavy atom. The molecule has 0 spiro atoms. The molecule has 0 saturated carbocycles. The number of likely N-dealkylation sites (tertiary alicyclic amines) is 2. The number of benzene rings is 5. The van der Waals surface area contributed by atoms with Crippen LogP contribution in [0.2, 0.25) is 0 Å². The van der Waals surface area contributed by atoms with Crippen molar-refractivity contribution in [3.63, 3.8) is 0 Å². The van der Waals surface area contributed by atoms with E-state index >= 15 is 0 Å². The average molecular weight is 933 g/mol. The van der Waals surface area contributed by atoms with Gasteiger partial charge in [0.15, 0.2) is 0 Å². The molecule has 354 valence electrons. The van der Waals surface area contributed by atoms with Crippen LogP contribution in [0.3, 0.4) is 0 Å². The van der Waals surface area contributed by atoms with Crippen LogP contribution in [-0.2, 0) is 44.9 Å². The fraction of sp³-hybridized carbons (Fsp3) is 0.308. The second kappa shape index (κ2) is 22.9. The summed E-state index contributed by atoms with van der Waals surface area (Å²) in [5.41, 5.74) is 3.41. The molecular weight excluding hydrogens is 881 g/mol. The van der Waals surface area contributed by atoms with E-state index in [1.165, 1.54) is 82.6 Å². The molecule has 5 aromatic carbocycles. The van der Waals surface area contributed by atoms with Gasteiger partial charge in [-0.2, -0.15) is 0 Å². The number of hydrogen-bond acceptors (Lipinski definition) is 6. The third-order valence-corrected chi connectivity index (χ3v) is 12.4. The monoisotopic (exact) mass is 932 g/mol. The quantitative estimate of drug-likeness (QED) is 0.0902. The second-order valence-electron chi connectivity index (χ2n) is 17.1. The van der Waals surface area contributed by atoms with Gasteiger partial charge in [0.05, 0.1) is 23.7 Å². The summed E-state index contributed by atoms with van der Waals surface area (Å²) in [5.74, 6) is -8.07. The third-order valence-electron chi connectivity index (χ3n) is 12.4. The van der Waals surface area contributed by atoms with Gasteiger partial charge in [-0.25, -0.2) is 17.6 Å². The summed E-state index contributed by atoms with van der Waals surface area (Å²) >= 11 is 0. The molecule has 0 bridgehead atoms. The van der Waals surface area contributed by atoms with Crippen LogP contribution in [-0.4, -0.2) is 97.6 Å². The minimum absolute atomic E-state index is 0.0997. The largest absolute Gasteiger partial charge is 0.355 e. The molecular formula is C52H52F4N6O6. The number of carbonyl (C=O) groups is 6. The lowest BCUT2D eigenvalue weighted by molar-refractivity contribution is -0.132. The molecule has 12 nitrogen and oxygen atoms in total. The standard InChI is InChI=1S/C52H52F4N6O6/c53-39-12-4-33(5-13-39)20-24-57-47(63)43-29-61(30-44(43)48(64)58-25-21-34-6-14-40(54)15-7-34)51(67)37-2-1-3-38(28-37)52(68)62-31-45(49(65)59-26-22-35-8-16-41(55)17-9-35)46(32-62)50(66)60-27-23-36-10-18-42(56)19-11-36/h1-19,28,43-46H,20-27,29-32H2,(H,57,63)(H,58,64)(H,59,65)(H,60,66)/t43-,44?,45-,46?/m1/s1. The maximum absolute atomic E-state index is 14.2. The summed E-state index contributed by atoms with van der Waals surface area (Å²) in [6.07, 6.45) is 1.61. The molecule has 16 heteroatoms. The molecule has 6 amide bonds. The Balaban J connectivity index is 1.02. The molecule has 2 aliphatic heterocycles. The average Bonchev–Trinajstić information content (AvgIpc) is 4.01. The van der Waals surface area contributed by atoms with Gasteiger partial charge in [-0.15, -0.1) is 0 Å². The zero-order valence-electron chi connectivity index (χ0n) is 37.2. The van der Waals surface area contributed by atoms with Crippen molar-refractivity contribution in [1.82, 2.24) is 31.1 Å². The zero-order chi connectivity index (χ0) is 48.2. The van der Waals surface area contributed by atoms with Crippen LogP contribution in [0.15, 0.2) is 121 Å². The van der Waals surface area contributed by atoms with Gasteiger partial charge < -0.3 is 31.1 Å². The van der Waals surface area contributed by atoms with Crippen molar-refractivity contribution in [2.75, 3.05) is 52.4 Å². The summed E-state index contributed by atoms with van der Waals surface area (Å²) < 4.78 is 53.8. The van der Waals surface area contributed by atoms with Gasteiger partial charge in [-0.05, 0) is 115 Å². The fourth-order valence-corrected chi connectivity index (χ4v) is 8.60. The Hall–Kier alpha value is -7.36. The number of halogens is 4. The SMILES string of the molecule is O=C(NCCc1ccc(F)cc1)C1CN(C(=O)c2cccc(C(=O)N3CC(C(=O)NCCc4ccc(F)cc4)[C@H](C(=O)NCCc4ccc(F)cc4)C3)c2)C[C@H]1C(=O)NCCc1ccc(F)cc1. The fourth-order valence-electron chi connectivity index (χ4n) is 8.60. The first kappa shape index (κ1) is 48.6. The lowest BCUT2D eigenvalue weighted by Gasteiger charge is -2.19. The van der Waals surface area contributed by atoms with Crippen LogP contribution in [0.4, 0.5) is 17.6 Å². The van der Waals surface area contributed by atoms with Crippen molar-refractivity contribution in [3.05, 3.63) is 178 Å². The maximum Gasteiger partial charge on any atom is 0.253 e. The number of rotatable bonds is 18. The highest BCUT2D eigenvalue weighted by molar-refractivity contribution is 6.01. The Morgan fingerprint density at radius 2 is 0.618 bits per heavy atom. The predicted octanol–water partition coefficient (Wildman–Crippen LogP) is 5.06. The molecule has 0 radical (unpaired) electrons. The molecule has 2 heterocycles. The number of carbonyl (C=O) groups excluding carboxylic acids is 6. The second-order valence-corrected chi connectivity index (χ2v) is 17.1. The molecule has 2 saturated heterocycles. The van der Waals surface area contributed by atoms with E-state index in [0.29, 0.717) is 25.7 Å². The first-order chi connectivity index (χ1) is 32.8. The van der Waals surface area contributed by atoms with E-state index in [9.17, 15) is 46.3 Å². The van der Waals surface area contributed by atoms with Gasteiger partial charge in [-0.3, -0.25) is 28.8 Å². The summed E-state index contributed by atoms with van der Waals surface area (Å²) in [6.45, 7) is 0.401. The Labute approximate surface area is 391 Å². The van der Waals surface area contributed by atoms with Crippen molar-refractivity contribution in [2.45, 2.75) is 25.7 Å². The molecule has 0 aromatic heterocycles. The van der Waals surface area contributed by atoms with Gasteiger partial charge in [0.2, 0.25) is 23.6 Å². The molecule has 0 aliphatic carbocycles. The molecule has 5 aromatic rings. The van der Waals surface area contributed by atoms with Crippen LogP contribution < -0.4 is 21.3 Å². The predicted molar refractivity (Wildman–Crippen MR) is 245 cm³/mol. The van der Waals surface area contributed by atoms with Crippen molar-refractivity contribution >= 4 is 35.4 Å². The lowest BCUT2D eigenvalue weighted by atomic mass is 9.94. The molecule has 2 aliphatic rings. The zero-order valence-corrected chi connectivity index (χ0v) is 37.2. The summed E-state index contributed by atoms with van der Waals surface area (Å²) in [5, 5.41) is 11.4. The van der Waals surface area contributed by atoms with E-state index in [2.05, 4.69) is 21.3 Å². The lowest BCUT2D eigenvalue weighted by Crippen LogP contribution is -2.42. The normalized spacial score (nSPS) is 17.6. The van der Waals surface area contributed by atoms with Gasteiger partial charge in [-0.1, -0.05) is 54.6 Å². The number of amides is 6. The summed E-state index contributed by atoms with van der Waals surface area (Å²) in [6, 6.07) is 29.5. The first-order valence-electron chi connectivity index (χ1n) is 22.6. The molecule has 4 N–H and O–H groups in total. The van der Waals surface area contributed by atoms with E-state index in [1.54, 1.807) is 48.5 Å². The smallest absolute Gasteiger partial charge is 0.253 e. The number of nitrogens with zero attached hydrogens (tertiary/aromatic N) is 2. The van der Waals surface area contributed by atoms with E-state index in [-0.39, 0.29) is 86.8 Å². The molecule has 68 heavy (non-hydrogen) atoms. The van der Waals surface area contributed by atoms with Crippen LogP contribution in [0.25, 0.3) is 0 Å².